The molecule has 25 heavy (non-hydrogen) atoms. The average molecular weight is 323 g/mol. The van der Waals surface area contributed by atoms with Gasteiger partial charge < -0.3 is 5.11 Å². The molecule has 3 aromatic carbocycles. The Morgan fingerprint density at radius 3 is 1.88 bits per heavy atom. The molecule has 0 fully saturated rings. The van der Waals surface area contributed by atoms with Crippen molar-refractivity contribution in [1.82, 2.24) is 4.98 Å². The summed E-state index contributed by atoms with van der Waals surface area (Å²) in [6, 6.07) is 29.7. The standard InChI is InChI=1S/C12H10B.C10H9NO/c1-3-7-11(8-4-1)13-12-9-5-2-6-10-12;1-7-5-6-8-3-2-4-9(12)10(8)11-7/h1-10H;2-6,12H,1H3/q+1;/p-1. The Bertz CT molecular complexity index is 902. The van der Waals surface area contributed by atoms with Crippen LogP contribution in [-0.2, 0) is 0 Å². The molecule has 0 bridgehead atoms. The maximum atomic E-state index is 11.3. The zero-order valence-electron chi connectivity index (χ0n) is 14.1. The van der Waals surface area contributed by atoms with Crippen LogP contribution in [0.1, 0.15) is 5.69 Å². The Labute approximate surface area is 149 Å². The first kappa shape index (κ1) is 16.8. The minimum atomic E-state index is -0.00352. The number of hydrogen-bond donors (Lipinski definition) is 0. The first-order valence-corrected chi connectivity index (χ1v) is 8.20. The zero-order valence-corrected chi connectivity index (χ0v) is 14.1. The Kier molecular flexibility index (Phi) is 5.48. The third kappa shape index (κ3) is 4.71. The monoisotopic (exact) mass is 323 g/mol. The second kappa shape index (κ2) is 8.16. The van der Waals surface area contributed by atoms with Gasteiger partial charge in [-0.25, -0.2) is 0 Å². The Morgan fingerprint density at radius 1 is 0.680 bits per heavy atom. The van der Waals surface area contributed by atoms with Crippen molar-refractivity contribution in [3.63, 3.8) is 0 Å². The number of pyridine rings is 1. The van der Waals surface area contributed by atoms with Crippen molar-refractivity contribution in [2.45, 2.75) is 6.92 Å². The van der Waals surface area contributed by atoms with Gasteiger partial charge in [0.25, 0.3) is 0 Å². The number of para-hydroxylation sites is 1. The number of aromatic nitrogens is 1. The summed E-state index contributed by atoms with van der Waals surface area (Å²) in [5.41, 5.74) is 3.94. The van der Waals surface area contributed by atoms with Gasteiger partial charge in [-0.1, -0.05) is 30.0 Å². The van der Waals surface area contributed by atoms with Crippen molar-refractivity contribution in [3.8, 4) is 5.75 Å². The molecule has 0 unspecified atom stereocenters. The number of benzene rings is 3. The summed E-state index contributed by atoms with van der Waals surface area (Å²) >= 11 is 0. The van der Waals surface area contributed by atoms with Gasteiger partial charge in [0, 0.05) is 5.69 Å². The number of aryl methyl sites for hydroxylation is 1. The van der Waals surface area contributed by atoms with Crippen LogP contribution in [0, 0.1) is 6.92 Å². The van der Waals surface area contributed by atoms with Gasteiger partial charge in [-0.2, -0.15) is 0 Å². The van der Waals surface area contributed by atoms with Crippen molar-refractivity contribution in [1.29, 1.82) is 0 Å². The van der Waals surface area contributed by atoms with Gasteiger partial charge in [-0.15, -0.1) is 0 Å². The molecule has 0 spiro atoms. The fraction of sp³-hybridized carbons (Fsp3) is 0.0455. The predicted molar refractivity (Wildman–Crippen MR) is 104 cm³/mol. The van der Waals surface area contributed by atoms with Gasteiger partial charge in [-0.05, 0) is 18.4 Å². The number of nitrogens with zero attached hydrogens (tertiary/aromatic N) is 1. The zero-order chi connectivity index (χ0) is 17.5. The number of hydrogen-bond acceptors (Lipinski definition) is 2. The normalized spacial score (nSPS) is 9.80. The van der Waals surface area contributed by atoms with Crippen LogP contribution in [0.25, 0.3) is 10.9 Å². The van der Waals surface area contributed by atoms with Crippen molar-refractivity contribution >= 4 is 29.1 Å². The van der Waals surface area contributed by atoms with Crippen LogP contribution in [-0.4, -0.2) is 12.3 Å². The minimum absolute atomic E-state index is 0.00352. The van der Waals surface area contributed by atoms with Crippen LogP contribution >= 0.6 is 0 Å². The van der Waals surface area contributed by atoms with E-state index in [1.165, 1.54) is 17.0 Å². The average Bonchev–Trinajstić information content (AvgIpc) is 2.65. The molecule has 120 valence electrons. The maximum absolute atomic E-state index is 11.3. The Balaban J connectivity index is 0.000000146. The number of rotatable bonds is 2. The van der Waals surface area contributed by atoms with Crippen molar-refractivity contribution in [3.05, 3.63) is 96.7 Å². The van der Waals surface area contributed by atoms with Gasteiger partial charge in [0.2, 0.25) is 0 Å². The topological polar surface area (TPSA) is 36.0 Å². The molecule has 1 heterocycles. The van der Waals surface area contributed by atoms with Crippen LogP contribution in [0.2, 0.25) is 0 Å². The molecule has 1 aromatic heterocycles. The van der Waals surface area contributed by atoms with Gasteiger partial charge >= 0.3 is 78.9 Å². The SMILES string of the molecule is Cc1ccc2cccc([O-])c2n1.[B+](c1ccccc1)c1ccccc1. The van der Waals surface area contributed by atoms with Crippen LogP contribution < -0.4 is 16.0 Å². The third-order valence-electron chi connectivity index (χ3n) is 3.75. The summed E-state index contributed by atoms with van der Waals surface area (Å²) < 4.78 is 0. The van der Waals surface area contributed by atoms with Crippen molar-refractivity contribution in [2.75, 3.05) is 0 Å². The fourth-order valence-electron chi connectivity index (χ4n) is 2.51. The molecule has 0 radical (unpaired) electrons. The molecule has 4 rings (SSSR count). The summed E-state index contributed by atoms with van der Waals surface area (Å²) in [7, 11) is 2.17. The van der Waals surface area contributed by atoms with Crippen molar-refractivity contribution in [2.24, 2.45) is 0 Å². The van der Waals surface area contributed by atoms with E-state index in [4.69, 9.17) is 0 Å². The molecule has 2 nitrogen and oxygen atoms in total. The summed E-state index contributed by atoms with van der Waals surface area (Å²) in [5.74, 6) is -0.00352. The summed E-state index contributed by atoms with van der Waals surface area (Å²) in [6.45, 7) is 1.88. The summed E-state index contributed by atoms with van der Waals surface area (Å²) in [6.07, 6.45) is 0. The first-order valence-electron chi connectivity index (χ1n) is 8.20. The molecule has 0 saturated carbocycles. The predicted octanol–water partition coefficient (Wildman–Crippen LogP) is 2.96. The molecule has 3 heteroatoms. The Morgan fingerprint density at radius 2 is 1.28 bits per heavy atom. The molecular formula is C22H18BNO. The molecular weight excluding hydrogens is 305 g/mol. The van der Waals surface area contributed by atoms with E-state index in [1.54, 1.807) is 6.07 Å². The molecule has 0 atom stereocenters. The Hall–Kier alpha value is -3.07. The van der Waals surface area contributed by atoms with Gasteiger partial charge in [-0.3, -0.25) is 4.98 Å². The molecule has 0 N–H and O–H groups in total. The summed E-state index contributed by atoms with van der Waals surface area (Å²) in [5, 5.41) is 12.2. The van der Waals surface area contributed by atoms with E-state index in [1.807, 2.05) is 37.3 Å². The molecule has 0 aliphatic carbocycles. The van der Waals surface area contributed by atoms with E-state index in [2.05, 4.69) is 60.8 Å². The van der Waals surface area contributed by atoms with E-state index >= 15 is 0 Å². The van der Waals surface area contributed by atoms with Gasteiger partial charge in [0.05, 0.1) is 5.52 Å². The molecule has 0 aliphatic heterocycles. The second-order valence-electron chi connectivity index (χ2n) is 5.75. The van der Waals surface area contributed by atoms with E-state index in [0.29, 0.717) is 5.52 Å². The second-order valence-corrected chi connectivity index (χ2v) is 5.75. The van der Waals surface area contributed by atoms with Crippen LogP contribution in [0.4, 0.5) is 0 Å². The molecule has 0 aliphatic rings. The first-order chi connectivity index (χ1) is 12.2. The van der Waals surface area contributed by atoms with Crippen molar-refractivity contribution < 1.29 is 5.11 Å². The van der Waals surface area contributed by atoms with Crippen LogP contribution in [0.15, 0.2) is 91.0 Å². The molecule has 0 saturated heterocycles. The van der Waals surface area contributed by atoms with E-state index < -0.39 is 0 Å². The van der Waals surface area contributed by atoms with Gasteiger partial charge in [0.1, 0.15) is 0 Å². The van der Waals surface area contributed by atoms with Crippen LogP contribution in [0.5, 0.6) is 5.75 Å². The quantitative estimate of drug-likeness (QED) is 0.532. The van der Waals surface area contributed by atoms with E-state index in [-0.39, 0.29) is 5.75 Å². The molecule has 4 aromatic rings. The molecule has 0 amide bonds. The van der Waals surface area contributed by atoms with E-state index in [0.717, 1.165) is 11.1 Å². The van der Waals surface area contributed by atoms with Gasteiger partial charge in [0.15, 0.2) is 0 Å². The van der Waals surface area contributed by atoms with Crippen LogP contribution in [0.3, 0.4) is 0 Å². The number of fused-ring (bicyclic) bond motifs is 1. The third-order valence-corrected chi connectivity index (χ3v) is 3.75. The summed E-state index contributed by atoms with van der Waals surface area (Å²) in [4.78, 5) is 4.16. The fourth-order valence-corrected chi connectivity index (χ4v) is 2.51. The van der Waals surface area contributed by atoms with E-state index in [9.17, 15) is 5.11 Å².